The van der Waals surface area contributed by atoms with Crippen molar-refractivity contribution in [2.45, 2.75) is 45.4 Å². The summed E-state index contributed by atoms with van der Waals surface area (Å²) in [6, 6.07) is 7.84. The third-order valence-electron chi connectivity index (χ3n) is 3.74. The van der Waals surface area contributed by atoms with Gasteiger partial charge in [-0.3, -0.25) is 0 Å². The summed E-state index contributed by atoms with van der Waals surface area (Å²) in [5.74, 6) is 0.997. The second-order valence-electron chi connectivity index (χ2n) is 5.04. The van der Waals surface area contributed by atoms with Crippen molar-refractivity contribution >= 4 is 11.0 Å². The normalized spacial score (nSPS) is 22.8. The van der Waals surface area contributed by atoms with Gasteiger partial charge in [0.15, 0.2) is 0 Å². The Bertz CT molecular complexity index is 653. The monoisotopic (exact) mass is 255 g/mol. The Morgan fingerprint density at radius 1 is 1.47 bits per heavy atom. The molecule has 2 unspecified atom stereocenters. The van der Waals surface area contributed by atoms with Gasteiger partial charge < -0.3 is 9.30 Å². The Morgan fingerprint density at radius 3 is 2.95 bits per heavy atom. The molecular weight excluding hydrogens is 238 g/mol. The molecule has 1 aromatic heterocycles. The molecule has 2 heterocycles. The molecule has 0 spiro atoms. The zero-order valence-electron chi connectivity index (χ0n) is 11.3. The minimum atomic E-state index is 0.0906. The van der Waals surface area contributed by atoms with Gasteiger partial charge in [-0.25, -0.2) is 4.98 Å². The lowest BCUT2D eigenvalue weighted by molar-refractivity contribution is 0.0485. The first-order valence-corrected chi connectivity index (χ1v) is 6.78. The number of aryl methyl sites for hydroxylation is 1. The van der Waals surface area contributed by atoms with Crippen molar-refractivity contribution in [3.05, 3.63) is 29.6 Å². The van der Waals surface area contributed by atoms with E-state index in [4.69, 9.17) is 15.0 Å². The summed E-state index contributed by atoms with van der Waals surface area (Å²) >= 11 is 0. The van der Waals surface area contributed by atoms with E-state index in [-0.39, 0.29) is 6.10 Å². The molecule has 0 amide bonds. The highest BCUT2D eigenvalue weighted by molar-refractivity contribution is 5.77. The van der Waals surface area contributed by atoms with Crippen LogP contribution in [0.4, 0.5) is 0 Å². The molecule has 3 rings (SSSR count). The predicted octanol–water partition coefficient (Wildman–Crippen LogP) is 3.17. The average molecular weight is 255 g/mol. The number of hydrogen-bond acceptors (Lipinski definition) is 3. The van der Waals surface area contributed by atoms with Crippen LogP contribution in [0.3, 0.4) is 0 Å². The molecule has 1 aliphatic rings. The molecule has 4 nitrogen and oxygen atoms in total. The van der Waals surface area contributed by atoms with Crippen LogP contribution in [-0.2, 0) is 11.3 Å². The standard InChI is InChI=1S/C15H17N3O/c1-3-18-13-6-5-11(9-16)8-12(13)17-15(18)14-7-4-10(2)19-14/h5-6,8,10,14H,3-4,7H2,1-2H3. The highest BCUT2D eigenvalue weighted by Gasteiger charge is 2.27. The van der Waals surface area contributed by atoms with E-state index in [0.717, 1.165) is 36.2 Å². The molecule has 1 aromatic carbocycles. The van der Waals surface area contributed by atoms with E-state index in [9.17, 15) is 0 Å². The van der Waals surface area contributed by atoms with Crippen LogP contribution in [0.2, 0.25) is 0 Å². The zero-order valence-corrected chi connectivity index (χ0v) is 11.3. The molecule has 0 N–H and O–H groups in total. The highest BCUT2D eigenvalue weighted by Crippen LogP contribution is 2.33. The van der Waals surface area contributed by atoms with Crippen molar-refractivity contribution < 1.29 is 4.74 Å². The summed E-state index contributed by atoms with van der Waals surface area (Å²) in [5.41, 5.74) is 2.62. The van der Waals surface area contributed by atoms with Gasteiger partial charge in [0.2, 0.25) is 0 Å². The zero-order chi connectivity index (χ0) is 13.4. The van der Waals surface area contributed by atoms with Crippen LogP contribution >= 0.6 is 0 Å². The number of fused-ring (bicyclic) bond motifs is 1. The molecule has 4 heteroatoms. The van der Waals surface area contributed by atoms with Gasteiger partial charge in [-0.1, -0.05) is 0 Å². The van der Waals surface area contributed by atoms with Crippen LogP contribution in [0, 0.1) is 11.3 Å². The number of imidazole rings is 1. The summed E-state index contributed by atoms with van der Waals surface area (Å²) in [4.78, 5) is 4.70. The first kappa shape index (κ1) is 12.2. The van der Waals surface area contributed by atoms with Crippen molar-refractivity contribution in [1.82, 2.24) is 9.55 Å². The van der Waals surface area contributed by atoms with E-state index in [1.54, 1.807) is 0 Å². The van der Waals surface area contributed by atoms with E-state index in [1.165, 1.54) is 0 Å². The number of rotatable bonds is 2. The van der Waals surface area contributed by atoms with Gasteiger partial charge >= 0.3 is 0 Å². The molecule has 0 saturated carbocycles. The number of ether oxygens (including phenoxy) is 1. The third-order valence-corrected chi connectivity index (χ3v) is 3.74. The quantitative estimate of drug-likeness (QED) is 0.828. The van der Waals surface area contributed by atoms with Gasteiger partial charge in [0.05, 0.1) is 28.8 Å². The van der Waals surface area contributed by atoms with Crippen molar-refractivity contribution in [2.75, 3.05) is 0 Å². The third kappa shape index (κ3) is 2.00. The van der Waals surface area contributed by atoms with Gasteiger partial charge in [-0.2, -0.15) is 5.26 Å². The Morgan fingerprint density at radius 2 is 2.32 bits per heavy atom. The number of benzene rings is 1. The Balaban J connectivity index is 2.11. The molecule has 0 aliphatic carbocycles. The van der Waals surface area contributed by atoms with Gasteiger partial charge in [0, 0.05) is 6.54 Å². The van der Waals surface area contributed by atoms with Gasteiger partial charge in [0.25, 0.3) is 0 Å². The smallest absolute Gasteiger partial charge is 0.139 e. The summed E-state index contributed by atoms with van der Waals surface area (Å²) in [7, 11) is 0. The Labute approximate surface area is 112 Å². The van der Waals surface area contributed by atoms with Crippen LogP contribution in [0.1, 0.15) is 44.2 Å². The van der Waals surface area contributed by atoms with E-state index in [2.05, 4.69) is 24.5 Å². The Kier molecular flexibility index (Phi) is 3.00. The van der Waals surface area contributed by atoms with Crippen LogP contribution in [-0.4, -0.2) is 15.7 Å². The molecule has 1 aliphatic heterocycles. The van der Waals surface area contributed by atoms with Crippen molar-refractivity contribution in [2.24, 2.45) is 0 Å². The maximum Gasteiger partial charge on any atom is 0.139 e. The molecule has 2 aromatic rings. The fourth-order valence-corrected chi connectivity index (χ4v) is 2.79. The Hall–Kier alpha value is -1.86. The van der Waals surface area contributed by atoms with E-state index in [1.807, 2.05) is 18.2 Å². The maximum absolute atomic E-state index is 8.97. The molecule has 98 valence electrons. The minimum Gasteiger partial charge on any atom is -0.367 e. The van der Waals surface area contributed by atoms with Crippen LogP contribution < -0.4 is 0 Å². The maximum atomic E-state index is 8.97. The summed E-state index contributed by atoms with van der Waals surface area (Å²) in [6.45, 7) is 5.08. The lowest BCUT2D eigenvalue weighted by atomic mass is 10.2. The second kappa shape index (κ2) is 4.67. The molecule has 2 atom stereocenters. The molecule has 1 fully saturated rings. The fraction of sp³-hybridized carbons (Fsp3) is 0.467. The minimum absolute atomic E-state index is 0.0906. The first-order chi connectivity index (χ1) is 9.22. The van der Waals surface area contributed by atoms with Gasteiger partial charge in [-0.05, 0) is 44.9 Å². The topological polar surface area (TPSA) is 50.8 Å². The van der Waals surface area contributed by atoms with Crippen LogP contribution in [0.15, 0.2) is 18.2 Å². The van der Waals surface area contributed by atoms with E-state index >= 15 is 0 Å². The summed E-state index contributed by atoms with van der Waals surface area (Å²) in [5, 5.41) is 8.97. The van der Waals surface area contributed by atoms with Crippen LogP contribution in [0.5, 0.6) is 0 Å². The molecule has 0 radical (unpaired) electrons. The van der Waals surface area contributed by atoms with Crippen molar-refractivity contribution in [3.8, 4) is 6.07 Å². The highest BCUT2D eigenvalue weighted by atomic mass is 16.5. The lowest BCUT2D eigenvalue weighted by Gasteiger charge is -2.12. The number of nitriles is 1. The molecular formula is C15H17N3O. The SMILES string of the molecule is CCn1c(C2CCC(C)O2)nc2cc(C#N)ccc21. The predicted molar refractivity (Wildman–Crippen MR) is 72.6 cm³/mol. The fourth-order valence-electron chi connectivity index (χ4n) is 2.79. The molecule has 1 saturated heterocycles. The van der Waals surface area contributed by atoms with Crippen molar-refractivity contribution in [3.63, 3.8) is 0 Å². The molecule has 19 heavy (non-hydrogen) atoms. The largest absolute Gasteiger partial charge is 0.367 e. The summed E-state index contributed by atoms with van der Waals surface area (Å²) in [6.07, 6.45) is 2.51. The van der Waals surface area contributed by atoms with Crippen molar-refractivity contribution in [1.29, 1.82) is 5.26 Å². The lowest BCUT2D eigenvalue weighted by Crippen LogP contribution is -2.08. The average Bonchev–Trinajstić information content (AvgIpc) is 3.00. The van der Waals surface area contributed by atoms with Gasteiger partial charge in [0.1, 0.15) is 11.9 Å². The number of aromatic nitrogens is 2. The number of hydrogen-bond donors (Lipinski definition) is 0. The van der Waals surface area contributed by atoms with E-state index in [0.29, 0.717) is 11.7 Å². The second-order valence-corrected chi connectivity index (χ2v) is 5.04. The van der Waals surface area contributed by atoms with E-state index < -0.39 is 0 Å². The number of nitrogens with zero attached hydrogens (tertiary/aromatic N) is 3. The van der Waals surface area contributed by atoms with Crippen LogP contribution in [0.25, 0.3) is 11.0 Å². The van der Waals surface area contributed by atoms with Gasteiger partial charge in [-0.15, -0.1) is 0 Å². The first-order valence-electron chi connectivity index (χ1n) is 6.78. The summed E-state index contributed by atoms with van der Waals surface area (Å²) < 4.78 is 8.12. The molecule has 0 bridgehead atoms.